The van der Waals surface area contributed by atoms with Gasteiger partial charge in [-0.15, -0.1) is 0 Å². The number of hydrogen-bond donors (Lipinski definition) is 1. The number of halogens is 2. The first-order valence-electron chi connectivity index (χ1n) is 4.58. The fourth-order valence-electron chi connectivity index (χ4n) is 1.41. The average Bonchev–Trinajstić information content (AvgIpc) is 2.20. The number of hydrogen-bond acceptors (Lipinski definition) is 2. The van der Waals surface area contributed by atoms with Gasteiger partial charge in [0.2, 0.25) is 0 Å². The molecule has 0 spiro atoms. The van der Waals surface area contributed by atoms with E-state index in [0.29, 0.717) is 22.3 Å². The number of nitrogens with one attached hydrogen (secondary N) is 1. The Morgan fingerprint density at radius 3 is 3.00 bits per heavy atom. The van der Waals surface area contributed by atoms with E-state index in [2.05, 4.69) is 21.2 Å². The van der Waals surface area contributed by atoms with Gasteiger partial charge in [0, 0.05) is 6.07 Å². The molecule has 1 aliphatic rings. The van der Waals surface area contributed by atoms with Crippen LogP contribution in [0.5, 0.6) is 5.75 Å². The first kappa shape index (κ1) is 10.4. The van der Waals surface area contributed by atoms with Gasteiger partial charge in [-0.2, -0.15) is 0 Å². The molecule has 0 saturated carbocycles. The molecule has 0 aliphatic carbocycles. The van der Waals surface area contributed by atoms with Crippen LogP contribution in [-0.2, 0) is 4.79 Å². The summed E-state index contributed by atoms with van der Waals surface area (Å²) in [4.78, 5) is 11.4. The number of carbonyl (C=O) groups excluding carboxylic acids is 1. The summed E-state index contributed by atoms with van der Waals surface area (Å²) in [6, 6.07) is 2.76. The molecule has 3 nitrogen and oxygen atoms in total. The van der Waals surface area contributed by atoms with Gasteiger partial charge in [-0.3, -0.25) is 4.79 Å². The molecule has 1 unspecified atom stereocenters. The SMILES string of the molecule is CCC1Oc2cc(Br)c(F)cc2NC1=O. The zero-order valence-electron chi connectivity index (χ0n) is 8.01. The van der Waals surface area contributed by atoms with E-state index < -0.39 is 11.9 Å². The second-order valence-corrected chi connectivity index (χ2v) is 4.12. The predicted molar refractivity (Wildman–Crippen MR) is 57.4 cm³/mol. The van der Waals surface area contributed by atoms with Gasteiger partial charge >= 0.3 is 0 Å². The maximum absolute atomic E-state index is 13.2. The second-order valence-electron chi connectivity index (χ2n) is 3.27. The van der Waals surface area contributed by atoms with Crippen LogP contribution < -0.4 is 10.1 Å². The van der Waals surface area contributed by atoms with Crippen LogP contribution in [0, 0.1) is 5.82 Å². The van der Waals surface area contributed by atoms with Crippen molar-refractivity contribution in [1.82, 2.24) is 0 Å². The molecule has 5 heteroatoms. The van der Waals surface area contributed by atoms with Crippen LogP contribution in [0.1, 0.15) is 13.3 Å². The van der Waals surface area contributed by atoms with Crippen molar-refractivity contribution in [1.29, 1.82) is 0 Å². The highest BCUT2D eigenvalue weighted by Gasteiger charge is 2.26. The van der Waals surface area contributed by atoms with E-state index in [9.17, 15) is 9.18 Å². The summed E-state index contributed by atoms with van der Waals surface area (Å²) in [7, 11) is 0. The highest BCUT2D eigenvalue weighted by atomic mass is 79.9. The first-order chi connectivity index (χ1) is 7.11. The van der Waals surface area contributed by atoms with Crippen molar-refractivity contribution < 1.29 is 13.9 Å². The molecule has 0 bridgehead atoms. The number of benzene rings is 1. The molecule has 0 radical (unpaired) electrons. The van der Waals surface area contributed by atoms with E-state index in [1.807, 2.05) is 6.92 Å². The van der Waals surface area contributed by atoms with E-state index in [1.165, 1.54) is 12.1 Å². The summed E-state index contributed by atoms with van der Waals surface area (Å²) in [5.41, 5.74) is 0.380. The van der Waals surface area contributed by atoms with Crippen molar-refractivity contribution in [2.24, 2.45) is 0 Å². The second kappa shape index (κ2) is 3.81. The zero-order chi connectivity index (χ0) is 11.0. The van der Waals surface area contributed by atoms with E-state index in [-0.39, 0.29) is 5.91 Å². The Labute approximate surface area is 94.7 Å². The summed E-state index contributed by atoms with van der Waals surface area (Å²) in [5, 5.41) is 2.60. The van der Waals surface area contributed by atoms with Crippen LogP contribution in [0.25, 0.3) is 0 Å². The Kier molecular flexibility index (Phi) is 2.65. The lowest BCUT2D eigenvalue weighted by Crippen LogP contribution is -2.36. The van der Waals surface area contributed by atoms with Crippen LogP contribution >= 0.6 is 15.9 Å². The van der Waals surface area contributed by atoms with Gasteiger partial charge in [0.15, 0.2) is 6.10 Å². The van der Waals surface area contributed by atoms with Crippen LogP contribution in [0.3, 0.4) is 0 Å². The Morgan fingerprint density at radius 2 is 2.33 bits per heavy atom. The Balaban J connectivity index is 2.41. The fraction of sp³-hybridized carbons (Fsp3) is 0.300. The van der Waals surface area contributed by atoms with Gasteiger partial charge in [0.05, 0.1) is 10.2 Å². The van der Waals surface area contributed by atoms with E-state index in [4.69, 9.17) is 4.74 Å². The molecule has 1 N–H and O–H groups in total. The predicted octanol–water partition coefficient (Wildman–Crippen LogP) is 2.70. The first-order valence-corrected chi connectivity index (χ1v) is 5.37. The molecule has 15 heavy (non-hydrogen) atoms. The third-order valence-electron chi connectivity index (χ3n) is 2.21. The number of fused-ring (bicyclic) bond motifs is 1. The largest absolute Gasteiger partial charge is 0.478 e. The van der Waals surface area contributed by atoms with Gasteiger partial charge in [0.25, 0.3) is 5.91 Å². The summed E-state index contributed by atoms with van der Waals surface area (Å²) in [6.45, 7) is 1.85. The van der Waals surface area contributed by atoms with Gasteiger partial charge < -0.3 is 10.1 Å². The van der Waals surface area contributed by atoms with Crippen molar-refractivity contribution in [3.8, 4) is 5.75 Å². The third-order valence-corrected chi connectivity index (χ3v) is 2.82. The smallest absolute Gasteiger partial charge is 0.265 e. The van der Waals surface area contributed by atoms with Crippen LogP contribution in [0.2, 0.25) is 0 Å². The maximum Gasteiger partial charge on any atom is 0.265 e. The minimum absolute atomic E-state index is 0.230. The average molecular weight is 274 g/mol. The lowest BCUT2D eigenvalue weighted by Gasteiger charge is -2.25. The van der Waals surface area contributed by atoms with Crippen molar-refractivity contribution in [2.75, 3.05) is 5.32 Å². The van der Waals surface area contributed by atoms with E-state index in [1.54, 1.807) is 0 Å². The van der Waals surface area contributed by atoms with Crippen LogP contribution in [-0.4, -0.2) is 12.0 Å². The fourth-order valence-corrected chi connectivity index (χ4v) is 1.73. The van der Waals surface area contributed by atoms with E-state index in [0.717, 1.165) is 0 Å². The molecule has 0 fully saturated rings. The Bertz CT molecular complexity index is 422. The molecule has 2 rings (SSSR count). The zero-order valence-corrected chi connectivity index (χ0v) is 9.60. The molecule has 1 aromatic rings. The quantitative estimate of drug-likeness (QED) is 0.855. The summed E-state index contributed by atoms with van der Waals surface area (Å²) >= 11 is 3.06. The lowest BCUT2D eigenvalue weighted by molar-refractivity contribution is -0.123. The summed E-state index contributed by atoms with van der Waals surface area (Å²) < 4.78 is 18.9. The summed E-state index contributed by atoms with van der Waals surface area (Å²) in [5.74, 6) is -0.158. The third kappa shape index (κ3) is 1.84. The van der Waals surface area contributed by atoms with Gasteiger partial charge in [-0.1, -0.05) is 6.92 Å². The Morgan fingerprint density at radius 1 is 1.60 bits per heavy atom. The summed E-state index contributed by atoms with van der Waals surface area (Å²) in [6.07, 6.45) is 0.0927. The Hall–Kier alpha value is -1.10. The van der Waals surface area contributed by atoms with Gasteiger partial charge in [-0.25, -0.2) is 4.39 Å². The van der Waals surface area contributed by atoms with Crippen molar-refractivity contribution in [3.63, 3.8) is 0 Å². The normalized spacial score (nSPS) is 19.1. The molecule has 0 aromatic heterocycles. The molecule has 80 valence electrons. The standard InChI is InChI=1S/C10H9BrFNO2/c1-2-8-10(14)13-7-4-6(12)5(11)3-9(7)15-8/h3-4,8H,2H2,1H3,(H,13,14). The number of amides is 1. The monoisotopic (exact) mass is 273 g/mol. The number of anilines is 1. The number of rotatable bonds is 1. The highest BCUT2D eigenvalue weighted by Crippen LogP contribution is 2.34. The molecular weight excluding hydrogens is 265 g/mol. The highest BCUT2D eigenvalue weighted by molar-refractivity contribution is 9.10. The molecule has 1 atom stereocenters. The molecular formula is C10H9BrFNO2. The van der Waals surface area contributed by atoms with Gasteiger partial charge in [-0.05, 0) is 28.4 Å². The van der Waals surface area contributed by atoms with Crippen molar-refractivity contribution >= 4 is 27.5 Å². The lowest BCUT2D eigenvalue weighted by atomic mass is 10.2. The van der Waals surface area contributed by atoms with Crippen LogP contribution in [0.15, 0.2) is 16.6 Å². The molecule has 1 amide bonds. The minimum Gasteiger partial charge on any atom is -0.478 e. The topological polar surface area (TPSA) is 38.3 Å². The van der Waals surface area contributed by atoms with Crippen LogP contribution in [0.4, 0.5) is 10.1 Å². The minimum atomic E-state index is -0.491. The molecule has 0 saturated heterocycles. The van der Waals surface area contributed by atoms with Crippen molar-refractivity contribution in [3.05, 3.63) is 22.4 Å². The molecule has 1 aromatic carbocycles. The van der Waals surface area contributed by atoms with Crippen molar-refractivity contribution in [2.45, 2.75) is 19.4 Å². The number of ether oxygens (including phenoxy) is 1. The van der Waals surface area contributed by atoms with E-state index >= 15 is 0 Å². The maximum atomic E-state index is 13.2. The van der Waals surface area contributed by atoms with Gasteiger partial charge in [0.1, 0.15) is 11.6 Å². The molecule has 1 aliphatic heterocycles. The molecule has 1 heterocycles. The number of carbonyl (C=O) groups is 1.